The van der Waals surface area contributed by atoms with Gasteiger partial charge in [-0.15, -0.1) is 0 Å². The van der Waals surface area contributed by atoms with Crippen LogP contribution in [-0.4, -0.2) is 30.1 Å². The lowest BCUT2D eigenvalue weighted by atomic mass is 10.2. The highest BCUT2D eigenvalue weighted by Gasteiger charge is 2.13. The highest BCUT2D eigenvalue weighted by atomic mass is 35.5. The van der Waals surface area contributed by atoms with E-state index in [0.717, 1.165) is 33.6 Å². The number of hydrogen-bond acceptors (Lipinski definition) is 9. The molecule has 2 aromatic carbocycles. The molecular weight excluding hydrogens is 574 g/mol. The predicted octanol–water partition coefficient (Wildman–Crippen LogP) is 7.01. The first-order chi connectivity index (χ1) is 20.9. The SMILES string of the molecule is N#Cc1cc(F)c(Nc2cccc3ncccc23)nc1Cl.Nc1[nH]nc2nc(Nc3cccc4ncccc34)c(F)cc12. The van der Waals surface area contributed by atoms with E-state index in [-0.39, 0.29) is 22.4 Å². The maximum Gasteiger partial charge on any atom is 0.185 e. The van der Waals surface area contributed by atoms with Crippen LogP contribution in [0.4, 0.5) is 37.6 Å². The van der Waals surface area contributed by atoms with Crippen LogP contribution in [0.2, 0.25) is 5.15 Å². The fraction of sp³-hybridized carbons (Fsp3) is 0. The molecule has 0 aliphatic rings. The summed E-state index contributed by atoms with van der Waals surface area (Å²) in [5.74, 6) is -0.786. The van der Waals surface area contributed by atoms with E-state index in [1.165, 1.54) is 6.07 Å². The molecule has 0 aliphatic carbocycles. The Bertz CT molecular complexity index is 2170. The molecule has 43 heavy (non-hydrogen) atoms. The summed E-state index contributed by atoms with van der Waals surface area (Å²) in [5, 5.41) is 23.3. The lowest BCUT2D eigenvalue weighted by Gasteiger charge is -2.10. The van der Waals surface area contributed by atoms with Gasteiger partial charge >= 0.3 is 0 Å². The van der Waals surface area contributed by atoms with Gasteiger partial charge < -0.3 is 16.4 Å². The van der Waals surface area contributed by atoms with Gasteiger partial charge in [0, 0.05) is 34.5 Å². The molecule has 0 radical (unpaired) electrons. The second-order valence-corrected chi connectivity index (χ2v) is 9.46. The first-order valence-electron chi connectivity index (χ1n) is 12.7. The zero-order valence-electron chi connectivity index (χ0n) is 22.0. The van der Waals surface area contributed by atoms with Crippen molar-refractivity contribution in [2.45, 2.75) is 0 Å². The Labute approximate surface area is 247 Å². The summed E-state index contributed by atoms with van der Waals surface area (Å²) < 4.78 is 28.2. The Hall–Kier alpha value is -5.93. The minimum absolute atomic E-state index is 0.000645. The maximum absolute atomic E-state index is 14.2. The fourth-order valence-corrected chi connectivity index (χ4v) is 4.52. The Morgan fingerprint density at radius 3 is 1.95 bits per heavy atom. The Morgan fingerprint density at radius 2 is 1.35 bits per heavy atom. The lowest BCUT2D eigenvalue weighted by Crippen LogP contribution is -2.00. The number of aromatic amines is 1. The summed E-state index contributed by atoms with van der Waals surface area (Å²) in [5.41, 5.74) is 9.01. The van der Waals surface area contributed by atoms with Crippen molar-refractivity contribution in [1.29, 1.82) is 5.26 Å². The third kappa shape index (κ3) is 5.52. The van der Waals surface area contributed by atoms with E-state index >= 15 is 0 Å². The van der Waals surface area contributed by atoms with E-state index < -0.39 is 11.6 Å². The number of aromatic nitrogens is 6. The van der Waals surface area contributed by atoms with Crippen LogP contribution in [0, 0.1) is 23.0 Å². The van der Waals surface area contributed by atoms with Crippen LogP contribution in [0.1, 0.15) is 5.56 Å². The van der Waals surface area contributed by atoms with Crippen molar-refractivity contribution >= 4 is 73.3 Å². The van der Waals surface area contributed by atoms with Crippen LogP contribution >= 0.6 is 11.6 Å². The van der Waals surface area contributed by atoms with Crippen molar-refractivity contribution in [1.82, 2.24) is 30.1 Å². The number of nitrogens with one attached hydrogen (secondary N) is 3. The Kier molecular flexibility index (Phi) is 7.30. The zero-order chi connectivity index (χ0) is 29.9. The number of nitrogens with zero attached hydrogens (tertiary/aromatic N) is 6. The van der Waals surface area contributed by atoms with E-state index in [2.05, 4.69) is 40.8 Å². The quantitative estimate of drug-likeness (QED) is 0.158. The number of pyridine rings is 4. The summed E-state index contributed by atoms with van der Waals surface area (Å²) >= 11 is 5.83. The van der Waals surface area contributed by atoms with E-state index in [0.29, 0.717) is 22.5 Å². The molecule has 0 atom stereocenters. The largest absolute Gasteiger partial charge is 0.384 e. The highest BCUT2D eigenvalue weighted by Crippen LogP contribution is 2.29. The van der Waals surface area contributed by atoms with E-state index in [9.17, 15) is 8.78 Å². The molecule has 0 unspecified atom stereocenters. The molecular formula is C30H19ClF2N10. The molecule has 10 nitrogen and oxygen atoms in total. The number of nitriles is 1. The second kappa shape index (κ2) is 11.5. The standard InChI is InChI=1S/C15H8ClFN4.C15H11FN6/c16-14-9(8-18)7-11(17)15(21-14)20-13-5-1-4-12-10(13)3-2-6-19-12;16-10-7-9-13(17)21-22-14(9)20-15(10)19-12-5-1-4-11-8(12)3-2-6-18-11/h1-7H,(H,20,21);1-7H,(H4,17,19,20,21,22). The third-order valence-corrected chi connectivity index (χ3v) is 6.66. The van der Waals surface area contributed by atoms with Crippen LogP contribution < -0.4 is 16.4 Å². The minimum atomic E-state index is -0.642. The monoisotopic (exact) mass is 592 g/mol. The average molecular weight is 593 g/mol. The molecule has 0 saturated carbocycles. The molecule has 13 heteroatoms. The molecule has 0 amide bonds. The fourth-order valence-electron chi connectivity index (χ4n) is 4.34. The molecule has 0 aliphatic heterocycles. The predicted molar refractivity (Wildman–Crippen MR) is 162 cm³/mol. The van der Waals surface area contributed by atoms with Crippen molar-refractivity contribution in [3.8, 4) is 6.07 Å². The van der Waals surface area contributed by atoms with E-state index in [1.54, 1.807) is 36.7 Å². The molecule has 210 valence electrons. The van der Waals surface area contributed by atoms with Crippen molar-refractivity contribution < 1.29 is 8.78 Å². The number of hydrogen-bond donors (Lipinski definition) is 4. The van der Waals surface area contributed by atoms with E-state index in [1.807, 2.05) is 42.5 Å². The number of nitrogens with two attached hydrogens (primary N) is 1. The number of H-pyrrole nitrogens is 1. The summed E-state index contributed by atoms with van der Waals surface area (Å²) in [7, 11) is 0. The van der Waals surface area contributed by atoms with Crippen molar-refractivity contribution in [3.05, 3.63) is 108 Å². The van der Waals surface area contributed by atoms with Crippen LogP contribution in [0.3, 0.4) is 0 Å². The molecule has 0 spiro atoms. The maximum atomic E-state index is 14.2. The van der Waals surface area contributed by atoms with Gasteiger partial charge in [-0.25, -0.2) is 18.7 Å². The molecule has 7 rings (SSSR count). The van der Waals surface area contributed by atoms with Gasteiger partial charge in [-0.05, 0) is 60.7 Å². The van der Waals surface area contributed by atoms with Gasteiger partial charge in [0.25, 0.3) is 0 Å². The Morgan fingerprint density at radius 1 is 0.767 bits per heavy atom. The number of rotatable bonds is 4. The van der Waals surface area contributed by atoms with Crippen LogP contribution in [0.25, 0.3) is 32.8 Å². The average Bonchev–Trinajstić information content (AvgIpc) is 3.38. The number of halogens is 3. The van der Waals surface area contributed by atoms with Gasteiger partial charge in [-0.2, -0.15) is 10.4 Å². The topological polar surface area (TPSA) is 154 Å². The number of nitrogen functional groups attached to an aromatic ring is 1. The lowest BCUT2D eigenvalue weighted by molar-refractivity contribution is 0.626. The first kappa shape index (κ1) is 27.3. The molecule has 5 N–H and O–H groups in total. The van der Waals surface area contributed by atoms with Gasteiger partial charge in [0.1, 0.15) is 17.0 Å². The molecule has 7 aromatic rings. The van der Waals surface area contributed by atoms with Crippen molar-refractivity contribution in [3.63, 3.8) is 0 Å². The molecule has 5 heterocycles. The molecule has 0 saturated heterocycles. The van der Waals surface area contributed by atoms with Gasteiger partial charge in [-0.1, -0.05) is 23.7 Å². The van der Waals surface area contributed by atoms with Gasteiger partial charge in [0.15, 0.2) is 28.9 Å². The van der Waals surface area contributed by atoms with Crippen LogP contribution in [-0.2, 0) is 0 Å². The van der Waals surface area contributed by atoms with E-state index in [4.69, 9.17) is 22.6 Å². The summed E-state index contributed by atoms with van der Waals surface area (Å²) in [4.78, 5) is 16.5. The van der Waals surface area contributed by atoms with Gasteiger partial charge in [0.2, 0.25) is 0 Å². The molecule has 0 bridgehead atoms. The molecule has 0 fully saturated rings. The second-order valence-electron chi connectivity index (χ2n) is 9.10. The van der Waals surface area contributed by atoms with Gasteiger partial charge in [-0.3, -0.25) is 15.1 Å². The summed E-state index contributed by atoms with van der Waals surface area (Å²) in [6, 6.07) is 22.6. The minimum Gasteiger partial charge on any atom is -0.384 e. The first-order valence-corrected chi connectivity index (χ1v) is 13.1. The van der Waals surface area contributed by atoms with Gasteiger partial charge in [0.05, 0.1) is 22.0 Å². The highest BCUT2D eigenvalue weighted by molar-refractivity contribution is 6.30. The summed E-state index contributed by atoms with van der Waals surface area (Å²) in [6.07, 6.45) is 3.40. The van der Waals surface area contributed by atoms with Crippen molar-refractivity contribution in [2.75, 3.05) is 16.4 Å². The number of fused-ring (bicyclic) bond motifs is 3. The van der Waals surface area contributed by atoms with Crippen LogP contribution in [0.15, 0.2) is 85.2 Å². The Balaban J connectivity index is 0.000000153. The number of benzene rings is 2. The zero-order valence-corrected chi connectivity index (χ0v) is 22.7. The summed E-state index contributed by atoms with van der Waals surface area (Å²) in [6.45, 7) is 0. The van der Waals surface area contributed by atoms with Crippen LogP contribution in [0.5, 0.6) is 0 Å². The molecule has 5 aromatic heterocycles. The third-order valence-electron chi connectivity index (χ3n) is 6.38. The number of anilines is 5. The normalized spacial score (nSPS) is 10.7. The smallest absolute Gasteiger partial charge is 0.185 e. The van der Waals surface area contributed by atoms with Crippen molar-refractivity contribution in [2.24, 2.45) is 0 Å².